The van der Waals surface area contributed by atoms with Crippen LogP contribution in [0.2, 0.25) is 10.0 Å². The highest BCUT2D eigenvalue weighted by molar-refractivity contribution is 6.35. The third-order valence-corrected chi connectivity index (χ3v) is 4.32. The van der Waals surface area contributed by atoms with Gasteiger partial charge in [-0.15, -0.1) is 0 Å². The first kappa shape index (κ1) is 17.3. The van der Waals surface area contributed by atoms with Crippen molar-refractivity contribution in [3.8, 4) is 0 Å². The number of halogens is 2. The first-order valence-electron chi connectivity index (χ1n) is 7.17. The summed E-state index contributed by atoms with van der Waals surface area (Å²) in [6, 6.07) is 5.12. The van der Waals surface area contributed by atoms with Crippen LogP contribution < -0.4 is 0 Å². The van der Waals surface area contributed by atoms with Gasteiger partial charge >= 0.3 is 5.97 Å². The molecule has 1 N–H and O–H groups in total. The zero-order chi connectivity index (χ0) is 15.2. The minimum Gasteiger partial charge on any atom is -0.481 e. The molecule has 0 aliphatic heterocycles. The molecule has 0 amide bonds. The maximum absolute atomic E-state index is 12.0. The molecule has 1 aromatic carbocycles. The minimum atomic E-state index is -0.895. The van der Waals surface area contributed by atoms with Gasteiger partial charge in [-0.1, -0.05) is 68.8 Å². The molecule has 0 heterocycles. The molecule has 0 bridgehead atoms. The molecule has 0 spiro atoms. The molecule has 1 rings (SSSR count). The number of aliphatic carboxylic acids is 1. The summed E-state index contributed by atoms with van der Waals surface area (Å²) in [5.74, 6) is -0.788. The van der Waals surface area contributed by atoms with Crippen molar-refractivity contribution in [2.45, 2.75) is 57.8 Å². The van der Waals surface area contributed by atoms with Crippen molar-refractivity contribution in [2.75, 3.05) is 0 Å². The van der Waals surface area contributed by atoms with Gasteiger partial charge in [-0.25, -0.2) is 0 Å². The Balaban J connectivity index is 3.27. The summed E-state index contributed by atoms with van der Waals surface area (Å²) in [4.78, 5) is 12.0. The summed E-state index contributed by atoms with van der Waals surface area (Å²) in [7, 11) is 0. The minimum absolute atomic E-state index is 0.451. The predicted molar refractivity (Wildman–Crippen MR) is 84.8 cm³/mol. The summed E-state index contributed by atoms with van der Waals surface area (Å²) in [6.45, 7) is 4.13. The highest BCUT2D eigenvalue weighted by Gasteiger charge is 2.40. The molecule has 4 heteroatoms. The van der Waals surface area contributed by atoms with E-state index in [-0.39, 0.29) is 0 Å². The lowest BCUT2D eigenvalue weighted by Crippen LogP contribution is -2.36. The molecule has 0 aliphatic rings. The molecule has 1 aromatic rings. The second-order valence-corrected chi connectivity index (χ2v) is 6.06. The van der Waals surface area contributed by atoms with Crippen LogP contribution in [0.1, 0.15) is 57.9 Å². The standard InChI is InChI=1S/C16H22Cl2O2/c1-3-5-9-16(15(19)20,10-6-4-2)13-8-7-12(17)11-14(13)18/h7-8,11H,3-6,9-10H2,1-2H3,(H,19,20). The van der Waals surface area contributed by atoms with Crippen LogP contribution in [0, 0.1) is 0 Å². The number of hydrogen-bond acceptors (Lipinski definition) is 1. The summed E-state index contributed by atoms with van der Waals surface area (Å²) in [5.41, 5.74) is -0.203. The quantitative estimate of drug-likeness (QED) is 0.668. The van der Waals surface area contributed by atoms with Crippen LogP contribution >= 0.6 is 23.2 Å². The summed E-state index contributed by atoms with van der Waals surface area (Å²) in [5, 5.41) is 10.8. The number of carboxylic acids is 1. The van der Waals surface area contributed by atoms with Gasteiger partial charge in [0.05, 0.1) is 5.41 Å². The number of unbranched alkanes of at least 4 members (excludes halogenated alkanes) is 2. The first-order chi connectivity index (χ1) is 9.47. The summed E-state index contributed by atoms with van der Waals surface area (Å²) < 4.78 is 0. The Morgan fingerprint density at radius 2 is 1.70 bits per heavy atom. The van der Waals surface area contributed by atoms with Crippen molar-refractivity contribution in [3.05, 3.63) is 33.8 Å². The number of benzene rings is 1. The Bertz CT molecular complexity index is 450. The Kier molecular flexibility index (Phi) is 6.84. The molecule has 0 aromatic heterocycles. The van der Waals surface area contributed by atoms with Gasteiger partial charge in [0.2, 0.25) is 0 Å². The van der Waals surface area contributed by atoms with E-state index >= 15 is 0 Å². The van der Waals surface area contributed by atoms with Gasteiger partial charge in [0, 0.05) is 10.0 Å². The van der Waals surface area contributed by atoms with E-state index in [0.29, 0.717) is 28.5 Å². The zero-order valence-corrected chi connectivity index (χ0v) is 13.6. The number of carboxylic acid groups (broad SMARTS) is 1. The molecule has 0 radical (unpaired) electrons. The topological polar surface area (TPSA) is 37.3 Å². The predicted octanol–water partition coefficient (Wildman–Crippen LogP) is 5.70. The molecule has 0 atom stereocenters. The van der Waals surface area contributed by atoms with Gasteiger partial charge in [0.25, 0.3) is 0 Å². The van der Waals surface area contributed by atoms with Crippen LogP contribution in [0.5, 0.6) is 0 Å². The van der Waals surface area contributed by atoms with Crippen LogP contribution in [-0.2, 0) is 10.2 Å². The Hall–Kier alpha value is -0.730. The van der Waals surface area contributed by atoms with E-state index in [0.717, 1.165) is 25.7 Å². The highest BCUT2D eigenvalue weighted by atomic mass is 35.5. The molecule has 0 unspecified atom stereocenters. The monoisotopic (exact) mass is 316 g/mol. The zero-order valence-electron chi connectivity index (χ0n) is 12.1. The van der Waals surface area contributed by atoms with Crippen molar-refractivity contribution in [1.29, 1.82) is 0 Å². The lowest BCUT2D eigenvalue weighted by molar-refractivity contribution is -0.144. The Morgan fingerprint density at radius 1 is 1.15 bits per heavy atom. The van der Waals surface area contributed by atoms with Gasteiger partial charge in [-0.2, -0.15) is 0 Å². The van der Waals surface area contributed by atoms with Crippen molar-refractivity contribution in [1.82, 2.24) is 0 Å². The van der Waals surface area contributed by atoms with Gasteiger partial charge in [0.1, 0.15) is 0 Å². The third kappa shape index (κ3) is 3.89. The molecule has 20 heavy (non-hydrogen) atoms. The maximum atomic E-state index is 12.0. The van der Waals surface area contributed by atoms with E-state index in [2.05, 4.69) is 13.8 Å². The molecule has 0 saturated carbocycles. The molecule has 0 saturated heterocycles. The van der Waals surface area contributed by atoms with Gasteiger partial charge in [0.15, 0.2) is 0 Å². The molecule has 0 aliphatic carbocycles. The third-order valence-electron chi connectivity index (χ3n) is 3.77. The van der Waals surface area contributed by atoms with E-state index in [4.69, 9.17) is 23.2 Å². The number of rotatable bonds is 8. The first-order valence-corrected chi connectivity index (χ1v) is 7.92. The van der Waals surface area contributed by atoms with Crippen molar-refractivity contribution in [3.63, 3.8) is 0 Å². The average Bonchev–Trinajstić information content (AvgIpc) is 2.40. The normalized spacial score (nSPS) is 11.6. The van der Waals surface area contributed by atoms with Crippen LogP contribution in [0.15, 0.2) is 18.2 Å². The maximum Gasteiger partial charge on any atom is 0.314 e. The van der Waals surface area contributed by atoms with Gasteiger partial charge in [-0.05, 0) is 30.5 Å². The lowest BCUT2D eigenvalue weighted by atomic mass is 9.72. The summed E-state index contributed by atoms with van der Waals surface area (Å²) in [6.07, 6.45) is 4.89. The smallest absolute Gasteiger partial charge is 0.314 e. The van der Waals surface area contributed by atoms with Crippen LogP contribution in [0.3, 0.4) is 0 Å². The molecular formula is C16H22Cl2O2. The Morgan fingerprint density at radius 3 is 2.10 bits per heavy atom. The van der Waals surface area contributed by atoms with E-state index < -0.39 is 11.4 Å². The highest BCUT2D eigenvalue weighted by Crippen LogP contribution is 2.40. The van der Waals surface area contributed by atoms with E-state index in [1.807, 2.05) is 0 Å². The second kappa shape index (κ2) is 7.90. The number of hydrogen-bond donors (Lipinski definition) is 1. The van der Waals surface area contributed by atoms with Crippen LogP contribution in [0.4, 0.5) is 0 Å². The van der Waals surface area contributed by atoms with Crippen molar-refractivity contribution >= 4 is 29.2 Å². The summed E-state index contributed by atoms with van der Waals surface area (Å²) >= 11 is 12.2. The molecule has 112 valence electrons. The second-order valence-electron chi connectivity index (χ2n) is 5.22. The molecule has 2 nitrogen and oxygen atoms in total. The number of carbonyl (C=O) groups is 1. The Labute approximate surface area is 131 Å². The van der Waals surface area contributed by atoms with E-state index in [1.54, 1.807) is 18.2 Å². The van der Waals surface area contributed by atoms with Gasteiger partial charge < -0.3 is 5.11 Å². The van der Waals surface area contributed by atoms with E-state index in [9.17, 15) is 9.90 Å². The fraction of sp³-hybridized carbons (Fsp3) is 0.562. The average molecular weight is 317 g/mol. The van der Waals surface area contributed by atoms with Crippen LogP contribution in [-0.4, -0.2) is 11.1 Å². The van der Waals surface area contributed by atoms with Crippen molar-refractivity contribution < 1.29 is 9.90 Å². The van der Waals surface area contributed by atoms with Crippen LogP contribution in [0.25, 0.3) is 0 Å². The lowest BCUT2D eigenvalue weighted by Gasteiger charge is -2.31. The van der Waals surface area contributed by atoms with Gasteiger partial charge in [-0.3, -0.25) is 4.79 Å². The molecular weight excluding hydrogens is 295 g/mol. The van der Waals surface area contributed by atoms with E-state index in [1.165, 1.54) is 0 Å². The largest absolute Gasteiger partial charge is 0.481 e. The molecule has 0 fully saturated rings. The fourth-order valence-corrected chi connectivity index (χ4v) is 3.15. The fourth-order valence-electron chi connectivity index (χ4n) is 2.56. The SMILES string of the molecule is CCCCC(CCCC)(C(=O)O)c1ccc(Cl)cc1Cl. The van der Waals surface area contributed by atoms with Crippen molar-refractivity contribution in [2.24, 2.45) is 0 Å².